The first kappa shape index (κ1) is 22.6. The first-order chi connectivity index (χ1) is 15.3. The SMILES string of the molecule is Cn1cnc(C(=O)N(Cc2cccc(OC(F)(F)F)c2)C2CCCC(NCC3CC3)C2)c1. The number of carbonyl (C=O) groups is 1. The minimum atomic E-state index is -4.76. The number of alkyl halides is 3. The summed E-state index contributed by atoms with van der Waals surface area (Å²) in [5, 5.41) is 3.65. The second-order valence-corrected chi connectivity index (χ2v) is 8.92. The number of ether oxygens (including phenoxy) is 1. The van der Waals surface area contributed by atoms with E-state index < -0.39 is 6.36 Å². The number of amides is 1. The van der Waals surface area contributed by atoms with Gasteiger partial charge in [0.15, 0.2) is 0 Å². The van der Waals surface area contributed by atoms with E-state index in [1.807, 2.05) is 0 Å². The molecule has 4 rings (SSSR count). The van der Waals surface area contributed by atoms with Crippen LogP contribution in [0.2, 0.25) is 0 Å². The topological polar surface area (TPSA) is 59.4 Å². The smallest absolute Gasteiger partial charge is 0.406 e. The number of benzene rings is 1. The van der Waals surface area contributed by atoms with E-state index in [2.05, 4.69) is 15.0 Å². The van der Waals surface area contributed by atoms with Crippen molar-refractivity contribution in [3.05, 3.63) is 48.0 Å². The van der Waals surface area contributed by atoms with Gasteiger partial charge < -0.3 is 19.5 Å². The molecule has 2 aliphatic carbocycles. The van der Waals surface area contributed by atoms with Crippen molar-refractivity contribution in [3.8, 4) is 5.75 Å². The second kappa shape index (κ2) is 9.52. The third kappa shape index (κ3) is 6.25. The van der Waals surface area contributed by atoms with Crippen molar-refractivity contribution in [3.63, 3.8) is 0 Å². The first-order valence-electron chi connectivity index (χ1n) is 11.1. The minimum Gasteiger partial charge on any atom is -0.406 e. The lowest BCUT2D eigenvalue weighted by Crippen LogP contribution is -2.47. The summed E-state index contributed by atoms with van der Waals surface area (Å²) in [6.07, 6.45) is 4.80. The molecule has 2 fully saturated rings. The zero-order valence-electron chi connectivity index (χ0n) is 18.1. The molecule has 0 spiro atoms. The highest BCUT2D eigenvalue weighted by Crippen LogP contribution is 2.31. The molecule has 32 heavy (non-hydrogen) atoms. The van der Waals surface area contributed by atoms with Crippen LogP contribution < -0.4 is 10.1 Å². The highest BCUT2D eigenvalue weighted by molar-refractivity contribution is 5.92. The van der Waals surface area contributed by atoms with E-state index in [1.165, 1.54) is 31.0 Å². The van der Waals surface area contributed by atoms with Gasteiger partial charge in [0.1, 0.15) is 11.4 Å². The standard InChI is InChI=1S/C23H29F3N4O2/c1-29-14-21(28-15-29)22(31)30(13-17-4-2-7-20(10-17)32-23(24,25)26)19-6-3-5-18(11-19)27-12-16-8-9-16/h2,4,7,10,14-16,18-19,27H,3,5-6,8-9,11-13H2,1H3. The molecular formula is C23H29F3N4O2. The second-order valence-electron chi connectivity index (χ2n) is 8.92. The summed E-state index contributed by atoms with van der Waals surface area (Å²) in [4.78, 5) is 19.3. The molecule has 6 nitrogen and oxygen atoms in total. The van der Waals surface area contributed by atoms with Crippen LogP contribution in [0, 0.1) is 5.92 Å². The number of imidazole rings is 1. The Kier molecular flexibility index (Phi) is 6.74. The minimum absolute atomic E-state index is 0.0119. The van der Waals surface area contributed by atoms with Crippen molar-refractivity contribution in [2.24, 2.45) is 13.0 Å². The van der Waals surface area contributed by atoms with E-state index in [1.54, 1.807) is 35.1 Å². The largest absolute Gasteiger partial charge is 0.573 e. The van der Waals surface area contributed by atoms with Gasteiger partial charge in [-0.05, 0) is 68.7 Å². The average Bonchev–Trinajstić information content (AvgIpc) is 3.48. The van der Waals surface area contributed by atoms with Crippen LogP contribution in [0.25, 0.3) is 0 Å². The predicted octanol–water partition coefficient (Wildman–Crippen LogP) is 4.27. The fourth-order valence-corrected chi connectivity index (χ4v) is 4.36. The van der Waals surface area contributed by atoms with Crippen LogP contribution in [0.4, 0.5) is 13.2 Å². The number of aryl methyl sites for hydroxylation is 1. The average molecular weight is 451 g/mol. The molecule has 1 aromatic carbocycles. The summed E-state index contributed by atoms with van der Waals surface area (Å²) in [6.45, 7) is 1.22. The fourth-order valence-electron chi connectivity index (χ4n) is 4.36. The van der Waals surface area contributed by atoms with Crippen LogP contribution in [0.15, 0.2) is 36.8 Å². The molecule has 1 N–H and O–H groups in total. The summed E-state index contributed by atoms with van der Waals surface area (Å²) >= 11 is 0. The van der Waals surface area contributed by atoms with Gasteiger partial charge in [-0.2, -0.15) is 0 Å². The maximum Gasteiger partial charge on any atom is 0.573 e. The van der Waals surface area contributed by atoms with Crippen molar-refractivity contribution in [1.82, 2.24) is 19.8 Å². The third-order valence-corrected chi connectivity index (χ3v) is 6.15. The van der Waals surface area contributed by atoms with Crippen molar-refractivity contribution in [1.29, 1.82) is 0 Å². The van der Waals surface area contributed by atoms with Crippen LogP contribution >= 0.6 is 0 Å². The van der Waals surface area contributed by atoms with E-state index in [0.29, 0.717) is 17.3 Å². The third-order valence-electron chi connectivity index (χ3n) is 6.15. The molecule has 0 aliphatic heterocycles. The van der Waals surface area contributed by atoms with E-state index in [-0.39, 0.29) is 24.2 Å². The Bertz CT molecular complexity index is 926. The number of aromatic nitrogens is 2. The Labute approximate surface area is 185 Å². The lowest BCUT2D eigenvalue weighted by Gasteiger charge is -2.38. The normalized spacial score (nSPS) is 21.4. The molecule has 2 aromatic rings. The van der Waals surface area contributed by atoms with Gasteiger partial charge in [0.25, 0.3) is 5.91 Å². The molecule has 2 aliphatic rings. The molecule has 1 aromatic heterocycles. The first-order valence-corrected chi connectivity index (χ1v) is 11.1. The van der Waals surface area contributed by atoms with Crippen LogP contribution in [0.3, 0.4) is 0 Å². The zero-order chi connectivity index (χ0) is 22.7. The Morgan fingerprint density at radius 1 is 1.28 bits per heavy atom. The Balaban J connectivity index is 1.52. The van der Waals surface area contributed by atoms with Crippen LogP contribution in [0.1, 0.15) is 54.6 Å². The molecule has 1 heterocycles. The van der Waals surface area contributed by atoms with E-state index in [0.717, 1.165) is 38.1 Å². The predicted molar refractivity (Wildman–Crippen MR) is 113 cm³/mol. The quantitative estimate of drug-likeness (QED) is 0.653. The highest BCUT2D eigenvalue weighted by Gasteiger charge is 2.33. The summed E-state index contributed by atoms with van der Waals surface area (Å²) in [5.74, 6) is 0.284. The van der Waals surface area contributed by atoms with Crippen LogP contribution in [0.5, 0.6) is 5.75 Å². The molecule has 0 radical (unpaired) electrons. The summed E-state index contributed by atoms with van der Waals surface area (Å²) < 4.78 is 43.7. The lowest BCUT2D eigenvalue weighted by molar-refractivity contribution is -0.274. The molecule has 0 saturated heterocycles. The van der Waals surface area contributed by atoms with Gasteiger partial charge in [0.2, 0.25) is 0 Å². The lowest BCUT2D eigenvalue weighted by atomic mass is 9.89. The molecule has 1 amide bonds. The number of rotatable bonds is 8. The fraction of sp³-hybridized carbons (Fsp3) is 0.565. The van der Waals surface area contributed by atoms with Gasteiger partial charge >= 0.3 is 6.36 Å². The van der Waals surface area contributed by atoms with Crippen molar-refractivity contribution < 1.29 is 22.7 Å². The van der Waals surface area contributed by atoms with Crippen molar-refractivity contribution in [2.45, 2.75) is 63.5 Å². The molecule has 0 bridgehead atoms. The summed E-state index contributed by atoms with van der Waals surface area (Å²) in [5.41, 5.74) is 0.923. The number of nitrogens with zero attached hydrogens (tertiary/aromatic N) is 3. The molecule has 9 heteroatoms. The van der Waals surface area contributed by atoms with Gasteiger partial charge in [-0.1, -0.05) is 12.1 Å². The van der Waals surface area contributed by atoms with Gasteiger partial charge in [0.05, 0.1) is 6.33 Å². The molecule has 2 atom stereocenters. The molecule has 2 unspecified atom stereocenters. The number of hydrogen-bond acceptors (Lipinski definition) is 4. The van der Waals surface area contributed by atoms with Gasteiger partial charge in [-0.3, -0.25) is 4.79 Å². The van der Waals surface area contributed by atoms with E-state index in [9.17, 15) is 18.0 Å². The summed E-state index contributed by atoms with van der Waals surface area (Å²) in [6, 6.07) is 6.17. The molecular weight excluding hydrogens is 421 g/mol. The maximum absolute atomic E-state index is 13.4. The van der Waals surface area contributed by atoms with Gasteiger partial charge in [-0.25, -0.2) is 4.98 Å². The molecule has 174 valence electrons. The van der Waals surface area contributed by atoms with Crippen molar-refractivity contribution >= 4 is 5.91 Å². The van der Waals surface area contributed by atoms with Crippen molar-refractivity contribution in [2.75, 3.05) is 6.54 Å². The maximum atomic E-state index is 13.4. The number of carbonyl (C=O) groups excluding carboxylic acids is 1. The van der Waals surface area contributed by atoms with Gasteiger partial charge in [0, 0.05) is 31.9 Å². The van der Waals surface area contributed by atoms with E-state index >= 15 is 0 Å². The molecule has 2 saturated carbocycles. The number of halogens is 3. The number of hydrogen-bond donors (Lipinski definition) is 1. The Hall–Kier alpha value is -2.55. The summed E-state index contributed by atoms with van der Waals surface area (Å²) in [7, 11) is 1.80. The van der Waals surface area contributed by atoms with E-state index in [4.69, 9.17) is 0 Å². The Morgan fingerprint density at radius 2 is 2.09 bits per heavy atom. The monoisotopic (exact) mass is 450 g/mol. The zero-order valence-corrected chi connectivity index (χ0v) is 18.1. The van der Waals surface area contributed by atoms with Gasteiger partial charge in [-0.15, -0.1) is 13.2 Å². The van der Waals surface area contributed by atoms with Crippen LogP contribution in [-0.2, 0) is 13.6 Å². The number of nitrogens with one attached hydrogen (secondary N) is 1. The Morgan fingerprint density at radius 3 is 2.78 bits per heavy atom. The highest BCUT2D eigenvalue weighted by atomic mass is 19.4. The van der Waals surface area contributed by atoms with Crippen LogP contribution in [-0.4, -0.2) is 45.3 Å².